The van der Waals surface area contributed by atoms with E-state index in [-0.39, 0.29) is 25.0 Å². The van der Waals surface area contributed by atoms with E-state index in [1.54, 1.807) is 20.0 Å². The summed E-state index contributed by atoms with van der Waals surface area (Å²) in [6.45, 7) is 5.72. The lowest BCUT2D eigenvalue weighted by molar-refractivity contribution is -0.135. The van der Waals surface area contributed by atoms with Crippen molar-refractivity contribution in [2.75, 3.05) is 25.5 Å². The van der Waals surface area contributed by atoms with Crippen molar-refractivity contribution < 1.29 is 18.8 Å². The number of aryl methyl sites for hydroxylation is 1. The fourth-order valence-corrected chi connectivity index (χ4v) is 2.12. The summed E-state index contributed by atoms with van der Waals surface area (Å²) in [5.74, 6) is 1.33. The highest BCUT2D eigenvalue weighted by Crippen LogP contribution is 2.18. The second-order valence-electron chi connectivity index (χ2n) is 6.13. The number of rotatable bonds is 7. The van der Waals surface area contributed by atoms with E-state index in [1.807, 2.05) is 24.3 Å². The van der Waals surface area contributed by atoms with Crippen LogP contribution >= 0.6 is 0 Å². The van der Waals surface area contributed by atoms with Gasteiger partial charge in [-0.25, -0.2) is 0 Å². The van der Waals surface area contributed by atoms with Crippen LogP contribution in [-0.4, -0.2) is 42.1 Å². The number of benzene rings is 1. The third-order valence-electron chi connectivity index (χ3n) is 3.61. The highest BCUT2D eigenvalue weighted by atomic mass is 16.5. The first-order valence-electron chi connectivity index (χ1n) is 8.05. The number of nitrogens with zero attached hydrogens (tertiary/aromatic N) is 2. The van der Waals surface area contributed by atoms with Gasteiger partial charge >= 0.3 is 0 Å². The third kappa shape index (κ3) is 5.63. The second kappa shape index (κ2) is 8.32. The number of hydrogen-bond donors (Lipinski definition) is 1. The average Bonchev–Trinajstić information content (AvgIpc) is 2.97. The van der Waals surface area contributed by atoms with Crippen molar-refractivity contribution in [3.05, 3.63) is 41.7 Å². The number of carbonyl (C=O) groups excluding carboxylic acids is 2. The quantitative estimate of drug-likeness (QED) is 0.834. The van der Waals surface area contributed by atoms with Crippen LogP contribution in [0.4, 0.5) is 5.82 Å². The van der Waals surface area contributed by atoms with Crippen LogP contribution in [-0.2, 0) is 9.59 Å². The van der Waals surface area contributed by atoms with Crippen molar-refractivity contribution in [2.45, 2.75) is 26.7 Å². The predicted molar refractivity (Wildman–Crippen MR) is 93.5 cm³/mol. The molecule has 0 atom stereocenters. The van der Waals surface area contributed by atoms with Crippen LogP contribution in [0.5, 0.6) is 5.75 Å². The fourth-order valence-electron chi connectivity index (χ4n) is 2.12. The van der Waals surface area contributed by atoms with Crippen molar-refractivity contribution in [2.24, 2.45) is 0 Å². The first-order valence-corrected chi connectivity index (χ1v) is 8.05. The number of anilines is 1. The third-order valence-corrected chi connectivity index (χ3v) is 3.61. The second-order valence-corrected chi connectivity index (χ2v) is 6.13. The minimum atomic E-state index is -0.356. The molecule has 2 rings (SSSR count). The van der Waals surface area contributed by atoms with Gasteiger partial charge in [0.2, 0.25) is 5.91 Å². The Morgan fingerprint density at radius 1 is 1.28 bits per heavy atom. The van der Waals surface area contributed by atoms with Gasteiger partial charge in [0, 0.05) is 13.1 Å². The maximum Gasteiger partial charge on any atom is 0.260 e. The molecule has 1 heterocycles. The summed E-state index contributed by atoms with van der Waals surface area (Å²) in [5, 5.41) is 6.23. The fraction of sp³-hybridized carbons (Fsp3) is 0.389. The van der Waals surface area contributed by atoms with E-state index in [4.69, 9.17) is 9.26 Å². The van der Waals surface area contributed by atoms with Crippen LogP contribution in [0.3, 0.4) is 0 Å². The summed E-state index contributed by atoms with van der Waals surface area (Å²) in [5.41, 5.74) is 1.20. The standard InChI is InChI=1S/C18H23N3O4/c1-12(2)14-5-7-15(8-6-14)24-11-18(23)21(4)10-17(22)19-16-9-13(3)25-20-16/h5-9,12H,10-11H2,1-4H3,(H,19,20,22). The zero-order chi connectivity index (χ0) is 18.4. The summed E-state index contributed by atoms with van der Waals surface area (Å²) in [4.78, 5) is 25.3. The van der Waals surface area contributed by atoms with Gasteiger partial charge in [0.1, 0.15) is 11.5 Å². The van der Waals surface area contributed by atoms with E-state index in [0.717, 1.165) is 0 Å². The van der Waals surface area contributed by atoms with Crippen LogP contribution in [0.15, 0.2) is 34.9 Å². The SMILES string of the molecule is Cc1cc(NC(=O)CN(C)C(=O)COc2ccc(C(C)C)cc2)no1. The first-order chi connectivity index (χ1) is 11.8. The molecule has 0 saturated heterocycles. The molecule has 2 amide bonds. The lowest BCUT2D eigenvalue weighted by atomic mass is 10.0. The van der Waals surface area contributed by atoms with Gasteiger partial charge in [0.25, 0.3) is 5.91 Å². The first kappa shape index (κ1) is 18.5. The molecular weight excluding hydrogens is 322 g/mol. The van der Waals surface area contributed by atoms with Crippen LogP contribution in [0, 0.1) is 6.92 Å². The topological polar surface area (TPSA) is 84.7 Å². The van der Waals surface area contributed by atoms with Crippen molar-refractivity contribution in [1.82, 2.24) is 10.1 Å². The molecule has 0 bridgehead atoms. The molecule has 134 valence electrons. The van der Waals surface area contributed by atoms with Gasteiger partial charge < -0.3 is 19.5 Å². The Labute approximate surface area is 146 Å². The van der Waals surface area contributed by atoms with E-state index in [9.17, 15) is 9.59 Å². The molecule has 7 nitrogen and oxygen atoms in total. The van der Waals surface area contributed by atoms with Gasteiger partial charge in [-0.3, -0.25) is 9.59 Å². The number of hydrogen-bond acceptors (Lipinski definition) is 5. The maximum absolute atomic E-state index is 12.1. The lowest BCUT2D eigenvalue weighted by Crippen LogP contribution is -2.37. The average molecular weight is 345 g/mol. The van der Waals surface area contributed by atoms with Gasteiger partial charge in [-0.2, -0.15) is 0 Å². The summed E-state index contributed by atoms with van der Waals surface area (Å²) < 4.78 is 10.3. The molecule has 25 heavy (non-hydrogen) atoms. The molecule has 0 spiro atoms. The van der Waals surface area contributed by atoms with Crippen molar-refractivity contribution in [3.63, 3.8) is 0 Å². The molecule has 1 aromatic carbocycles. The molecule has 0 aliphatic heterocycles. The molecule has 0 aliphatic carbocycles. The zero-order valence-corrected chi connectivity index (χ0v) is 14.9. The Kier molecular flexibility index (Phi) is 6.16. The molecule has 0 fully saturated rings. The number of amides is 2. The summed E-state index contributed by atoms with van der Waals surface area (Å²) >= 11 is 0. The molecule has 0 aliphatic rings. The molecule has 0 radical (unpaired) electrons. The molecule has 7 heteroatoms. The molecule has 0 unspecified atom stereocenters. The Morgan fingerprint density at radius 2 is 1.96 bits per heavy atom. The van der Waals surface area contributed by atoms with E-state index in [0.29, 0.717) is 23.2 Å². The smallest absolute Gasteiger partial charge is 0.260 e. The summed E-state index contributed by atoms with van der Waals surface area (Å²) in [6, 6.07) is 9.22. The lowest BCUT2D eigenvalue weighted by Gasteiger charge is -2.16. The monoisotopic (exact) mass is 345 g/mol. The Bertz CT molecular complexity index is 722. The Morgan fingerprint density at radius 3 is 2.52 bits per heavy atom. The number of nitrogens with one attached hydrogen (secondary N) is 1. The van der Waals surface area contributed by atoms with Gasteiger partial charge in [-0.15, -0.1) is 0 Å². The minimum absolute atomic E-state index is 0.0968. The minimum Gasteiger partial charge on any atom is -0.484 e. The van der Waals surface area contributed by atoms with Crippen LogP contribution in [0.2, 0.25) is 0 Å². The molecule has 1 N–H and O–H groups in total. The number of ether oxygens (including phenoxy) is 1. The zero-order valence-electron chi connectivity index (χ0n) is 14.9. The number of carbonyl (C=O) groups is 2. The van der Waals surface area contributed by atoms with Crippen molar-refractivity contribution >= 4 is 17.6 Å². The van der Waals surface area contributed by atoms with Gasteiger partial charge in [-0.05, 0) is 30.5 Å². The molecule has 0 saturated carbocycles. The number of aromatic nitrogens is 1. The highest BCUT2D eigenvalue weighted by molar-refractivity contribution is 5.93. The molecule has 2 aromatic rings. The van der Waals surface area contributed by atoms with Gasteiger partial charge in [0.05, 0.1) is 6.54 Å². The summed E-state index contributed by atoms with van der Waals surface area (Å²) in [6.07, 6.45) is 0. The number of likely N-dealkylation sites (N-methyl/N-ethyl adjacent to an activating group) is 1. The normalized spacial score (nSPS) is 10.6. The Balaban J connectivity index is 1.78. The van der Waals surface area contributed by atoms with Gasteiger partial charge in [0.15, 0.2) is 12.4 Å². The molecular formula is C18H23N3O4. The van der Waals surface area contributed by atoms with Crippen LogP contribution < -0.4 is 10.1 Å². The van der Waals surface area contributed by atoms with E-state index in [1.165, 1.54) is 10.5 Å². The summed E-state index contributed by atoms with van der Waals surface area (Å²) in [7, 11) is 1.54. The maximum atomic E-state index is 12.1. The van der Waals surface area contributed by atoms with Crippen molar-refractivity contribution in [3.8, 4) is 5.75 Å². The van der Waals surface area contributed by atoms with E-state index >= 15 is 0 Å². The van der Waals surface area contributed by atoms with Crippen LogP contribution in [0.25, 0.3) is 0 Å². The predicted octanol–water partition coefficient (Wildman–Crippen LogP) is 2.58. The van der Waals surface area contributed by atoms with E-state index < -0.39 is 0 Å². The molecule has 1 aromatic heterocycles. The Hall–Kier alpha value is -2.83. The van der Waals surface area contributed by atoms with E-state index in [2.05, 4.69) is 24.3 Å². The highest BCUT2D eigenvalue weighted by Gasteiger charge is 2.15. The van der Waals surface area contributed by atoms with Crippen molar-refractivity contribution in [1.29, 1.82) is 0 Å². The van der Waals surface area contributed by atoms with Crippen LogP contribution in [0.1, 0.15) is 31.1 Å². The van der Waals surface area contributed by atoms with Gasteiger partial charge in [-0.1, -0.05) is 31.1 Å². The largest absolute Gasteiger partial charge is 0.484 e.